The maximum atomic E-state index is 12.4. The molecule has 7 heteroatoms. The Hall–Kier alpha value is -1.37. The zero-order valence-electron chi connectivity index (χ0n) is 6.67. The molecular formula is C7H4F3N3S. The molecule has 0 bridgehead atoms. The first-order chi connectivity index (χ1) is 6.50. The molecule has 2 N–H and O–H groups in total. The molecule has 0 aliphatic carbocycles. The van der Waals surface area contributed by atoms with E-state index in [-0.39, 0.29) is 16.0 Å². The number of hydrogen-bond donors (Lipinski definition) is 1. The molecule has 0 aliphatic heterocycles. The van der Waals surface area contributed by atoms with Gasteiger partial charge in [0.15, 0.2) is 0 Å². The molecule has 2 aromatic rings. The predicted octanol–water partition coefficient (Wildman–Crippen LogP) is 2.29. The molecule has 0 unspecified atom stereocenters. The van der Waals surface area contributed by atoms with Gasteiger partial charge in [0.25, 0.3) is 0 Å². The molecule has 0 atom stereocenters. The number of alkyl halides is 3. The Bertz CT molecular complexity index is 476. The maximum Gasteiger partial charge on any atom is 0.419 e. The minimum Gasteiger partial charge on any atom is -0.382 e. The molecule has 0 aromatic carbocycles. The highest BCUT2D eigenvalue weighted by atomic mass is 32.1. The molecule has 14 heavy (non-hydrogen) atoms. The smallest absolute Gasteiger partial charge is 0.382 e. The quantitative estimate of drug-likeness (QED) is 0.739. The summed E-state index contributed by atoms with van der Waals surface area (Å²) >= 11 is 0.897. The average Bonchev–Trinajstić information content (AvgIpc) is 2.47. The Morgan fingerprint density at radius 2 is 2.00 bits per heavy atom. The van der Waals surface area contributed by atoms with Gasteiger partial charge in [-0.3, -0.25) is 0 Å². The number of nitrogen functional groups attached to an aromatic ring is 1. The van der Waals surface area contributed by atoms with Crippen molar-refractivity contribution in [3.8, 4) is 0 Å². The van der Waals surface area contributed by atoms with E-state index in [0.717, 1.165) is 23.0 Å². The fourth-order valence-corrected chi connectivity index (χ4v) is 2.00. The van der Waals surface area contributed by atoms with Gasteiger partial charge in [0, 0.05) is 5.38 Å². The third-order valence-corrected chi connectivity index (χ3v) is 2.68. The van der Waals surface area contributed by atoms with E-state index in [1.54, 1.807) is 0 Å². The molecule has 0 radical (unpaired) electrons. The summed E-state index contributed by atoms with van der Waals surface area (Å²) in [6.07, 6.45) is -3.36. The van der Waals surface area contributed by atoms with Crippen molar-refractivity contribution in [3.05, 3.63) is 17.3 Å². The Morgan fingerprint density at radius 1 is 1.29 bits per heavy atom. The summed E-state index contributed by atoms with van der Waals surface area (Å²) in [6, 6.07) is 0. The summed E-state index contributed by atoms with van der Waals surface area (Å²) in [5.74, 6) is 0.0792. The normalized spacial score (nSPS) is 12.2. The van der Waals surface area contributed by atoms with Crippen LogP contribution >= 0.6 is 11.3 Å². The van der Waals surface area contributed by atoms with Crippen LogP contribution in [0.1, 0.15) is 5.56 Å². The largest absolute Gasteiger partial charge is 0.419 e. The summed E-state index contributed by atoms with van der Waals surface area (Å²) < 4.78 is 37.4. The van der Waals surface area contributed by atoms with Crippen molar-refractivity contribution in [2.75, 3.05) is 5.73 Å². The van der Waals surface area contributed by atoms with Crippen LogP contribution in [0.2, 0.25) is 0 Å². The number of nitrogens with two attached hydrogens (primary N) is 1. The van der Waals surface area contributed by atoms with E-state index in [4.69, 9.17) is 5.73 Å². The molecule has 2 rings (SSSR count). The molecule has 0 spiro atoms. The van der Waals surface area contributed by atoms with Gasteiger partial charge in [-0.25, -0.2) is 9.97 Å². The van der Waals surface area contributed by atoms with E-state index < -0.39 is 11.7 Å². The van der Waals surface area contributed by atoms with Crippen molar-refractivity contribution in [1.82, 2.24) is 9.97 Å². The van der Waals surface area contributed by atoms with Crippen molar-refractivity contribution in [2.45, 2.75) is 6.18 Å². The van der Waals surface area contributed by atoms with Crippen LogP contribution in [0.3, 0.4) is 0 Å². The molecule has 0 aliphatic rings. The first kappa shape index (κ1) is 9.20. The number of aromatic nitrogens is 2. The topological polar surface area (TPSA) is 51.8 Å². The van der Waals surface area contributed by atoms with Crippen LogP contribution in [-0.2, 0) is 6.18 Å². The summed E-state index contributed by atoms with van der Waals surface area (Å²) in [7, 11) is 0. The van der Waals surface area contributed by atoms with E-state index in [2.05, 4.69) is 9.97 Å². The number of hydrogen-bond acceptors (Lipinski definition) is 4. The van der Waals surface area contributed by atoms with Crippen LogP contribution in [0.4, 0.5) is 19.0 Å². The average molecular weight is 219 g/mol. The second kappa shape index (κ2) is 2.81. The van der Waals surface area contributed by atoms with Gasteiger partial charge >= 0.3 is 6.18 Å². The molecule has 0 amide bonds. The van der Waals surface area contributed by atoms with Crippen molar-refractivity contribution < 1.29 is 13.2 Å². The van der Waals surface area contributed by atoms with E-state index in [0.29, 0.717) is 0 Å². The second-order valence-corrected chi connectivity index (χ2v) is 3.46. The number of rotatable bonds is 0. The van der Waals surface area contributed by atoms with Gasteiger partial charge in [-0.2, -0.15) is 13.2 Å². The monoisotopic (exact) mass is 219 g/mol. The van der Waals surface area contributed by atoms with Gasteiger partial charge in [-0.15, -0.1) is 11.3 Å². The first-order valence-corrected chi connectivity index (χ1v) is 4.43. The van der Waals surface area contributed by atoms with E-state index in [9.17, 15) is 13.2 Å². The van der Waals surface area contributed by atoms with Crippen molar-refractivity contribution in [3.63, 3.8) is 0 Å². The van der Waals surface area contributed by atoms with Crippen LogP contribution < -0.4 is 5.73 Å². The van der Waals surface area contributed by atoms with Gasteiger partial charge < -0.3 is 5.73 Å². The zero-order valence-corrected chi connectivity index (χ0v) is 7.49. The third kappa shape index (κ3) is 1.29. The number of anilines is 1. The van der Waals surface area contributed by atoms with E-state index in [1.165, 1.54) is 0 Å². The molecule has 2 aromatic heterocycles. The van der Waals surface area contributed by atoms with Crippen LogP contribution in [-0.4, -0.2) is 9.97 Å². The summed E-state index contributed by atoms with van der Waals surface area (Å²) in [6.45, 7) is 0. The van der Waals surface area contributed by atoms with Crippen LogP contribution in [0.5, 0.6) is 0 Å². The SMILES string of the molecule is Nc1ncnc2c(C(F)(F)F)csc12. The Morgan fingerprint density at radius 3 is 2.64 bits per heavy atom. The van der Waals surface area contributed by atoms with E-state index in [1.807, 2.05) is 0 Å². The Balaban J connectivity index is 2.76. The highest BCUT2D eigenvalue weighted by Crippen LogP contribution is 2.38. The summed E-state index contributed by atoms with van der Waals surface area (Å²) in [5, 5.41) is 0.996. The molecule has 2 heterocycles. The first-order valence-electron chi connectivity index (χ1n) is 3.55. The molecule has 0 fully saturated rings. The molecule has 3 nitrogen and oxygen atoms in total. The molecule has 0 saturated heterocycles. The Labute approximate surface area is 80.4 Å². The van der Waals surface area contributed by atoms with Gasteiger partial charge in [-0.05, 0) is 0 Å². The minimum atomic E-state index is -4.39. The Kier molecular flexibility index (Phi) is 1.84. The fraction of sp³-hybridized carbons (Fsp3) is 0.143. The van der Waals surface area contributed by atoms with Gasteiger partial charge in [0.05, 0.1) is 15.8 Å². The van der Waals surface area contributed by atoms with Crippen molar-refractivity contribution in [2.24, 2.45) is 0 Å². The molecule has 0 saturated carbocycles. The lowest BCUT2D eigenvalue weighted by Crippen LogP contribution is -2.04. The van der Waals surface area contributed by atoms with Crippen molar-refractivity contribution >= 4 is 27.4 Å². The highest BCUT2D eigenvalue weighted by Gasteiger charge is 2.34. The molecule has 74 valence electrons. The summed E-state index contributed by atoms with van der Waals surface area (Å²) in [4.78, 5) is 7.18. The zero-order chi connectivity index (χ0) is 10.3. The number of fused-ring (bicyclic) bond motifs is 1. The number of nitrogens with zero attached hydrogens (tertiary/aromatic N) is 2. The lowest BCUT2D eigenvalue weighted by molar-refractivity contribution is -0.136. The fourth-order valence-electron chi connectivity index (χ4n) is 1.07. The third-order valence-electron chi connectivity index (χ3n) is 1.69. The van der Waals surface area contributed by atoms with Crippen LogP contribution in [0.15, 0.2) is 11.7 Å². The predicted molar refractivity (Wildman–Crippen MR) is 46.8 cm³/mol. The van der Waals surface area contributed by atoms with Crippen molar-refractivity contribution in [1.29, 1.82) is 0 Å². The lowest BCUT2D eigenvalue weighted by atomic mass is 10.3. The maximum absolute atomic E-state index is 12.4. The van der Waals surface area contributed by atoms with Gasteiger partial charge in [0.1, 0.15) is 12.1 Å². The lowest BCUT2D eigenvalue weighted by Gasteiger charge is -2.03. The second-order valence-electron chi connectivity index (χ2n) is 2.58. The van der Waals surface area contributed by atoms with Crippen LogP contribution in [0, 0.1) is 0 Å². The van der Waals surface area contributed by atoms with E-state index >= 15 is 0 Å². The molecular weight excluding hydrogens is 215 g/mol. The van der Waals surface area contributed by atoms with Gasteiger partial charge in [0.2, 0.25) is 0 Å². The standard InChI is InChI=1S/C7H4F3N3S/c8-7(9,10)3-1-14-5-4(3)12-2-13-6(5)11/h1-2H,(H2,11,12,13). The number of halogens is 3. The summed E-state index contributed by atoms with van der Waals surface area (Å²) in [5.41, 5.74) is 4.52. The van der Waals surface area contributed by atoms with Crippen LogP contribution in [0.25, 0.3) is 10.2 Å². The van der Waals surface area contributed by atoms with Gasteiger partial charge in [-0.1, -0.05) is 0 Å². The highest BCUT2D eigenvalue weighted by molar-refractivity contribution is 7.17. The minimum absolute atomic E-state index is 0.0792. The number of thiophene rings is 1.